The number of benzene rings is 3. The number of amides is 1. The van der Waals surface area contributed by atoms with Crippen molar-refractivity contribution in [3.05, 3.63) is 107 Å². The quantitative estimate of drug-likeness (QED) is 0.651. The Hall–Kier alpha value is -3.20. The van der Waals surface area contributed by atoms with E-state index in [1.807, 2.05) is 78.9 Å². The normalized spacial score (nSPS) is 10.4. The number of rotatable bonds is 8. The minimum Gasteiger partial charge on any atom is -0.348 e. The van der Waals surface area contributed by atoms with E-state index >= 15 is 0 Å². The van der Waals surface area contributed by atoms with Gasteiger partial charge in [0.05, 0.1) is 0 Å². The maximum absolute atomic E-state index is 12.6. The Morgan fingerprint density at radius 3 is 2.00 bits per heavy atom. The number of hydrogen-bond donors (Lipinski definition) is 1. The fourth-order valence-corrected chi connectivity index (χ4v) is 3.00. The molecule has 0 atom stereocenters. The second-order valence-corrected chi connectivity index (χ2v) is 6.53. The Bertz CT molecular complexity index is 889. The van der Waals surface area contributed by atoms with Crippen LogP contribution in [0.4, 0.5) is 0 Å². The SMILES string of the molecule is O=C(CCc1ccccc1)Cc1ccccc1C(=O)NCc1ccccc1. The lowest BCUT2D eigenvalue weighted by molar-refractivity contribution is -0.118. The molecule has 1 amide bonds. The van der Waals surface area contributed by atoms with E-state index in [1.165, 1.54) is 0 Å². The van der Waals surface area contributed by atoms with E-state index in [2.05, 4.69) is 5.32 Å². The van der Waals surface area contributed by atoms with Crippen molar-refractivity contribution in [2.45, 2.75) is 25.8 Å². The van der Waals surface area contributed by atoms with E-state index in [-0.39, 0.29) is 18.1 Å². The molecule has 0 spiro atoms. The summed E-state index contributed by atoms with van der Waals surface area (Å²) in [6.45, 7) is 0.468. The van der Waals surface area contributed by atoms with E-state index in [0.717, 1.165) is 23.1 Å². The van der Waals surface area contributed by atoms with Crippen LogP contribution >= 0.6 is 0 Å². The van der Waals surface area contributed by atoms with Crippen molar-refractivity contribution < 1.29 is 9.59 Å². The third-order valence-corrected chi connectivity index (χ3v) is 4.48. The maximum atomic E-state index is 12.6. The first-order valence-electron chi connectivity index (χ1n) is 9.18. The Kier molecular flexibility index (Phi) is 6.53. The van der Waals surface area contributed by atoms with Crippen LogP contribution in [0.3, 0.4) is 0 Å². The fraction of sp³-hybridized carbons (Fsp3) is 0.167. The first kappa shape index (κ1) is 18.6. The van der Waals surface area contributed by atoms with Crippen molar-refractivity contribution >= 4 is 11.7 Å². The molecule has 0 unspecified atom stereocenters. The van der Waals surface area contributed by atoms with Gasteiger partial charge in [0.1, 0.15) is 5.78 Å². The van der Waals surface area contributed by atoms with Crippen LogP contribution in [0.1, 0.15) is 33.5 Å². The van der Waals surface area contributed by atoms with Gasteiger partial charge < -0.3 is 5.32 Å². The zero-order valence-electron chi connectivity index (χ0n) is 15.2. The average molecular weight is 357 g/mol. The molecule has 27 heavy (non-hydrogen) atoms. The molecule has 3 nitrogen and oxygen atoms in total. The van der Waals surface area contributed by atoms with Crippen molar-refractivity contribution in [2.75, 3.05) is 0 Å². The van der Waals surface area contributed by atoms with E-state index in [1.54, 1.807) is 6.07 Å². The molecular formula is C24H23NO2. The first-order valence-corrected chi connectivity index (χ1v) is 9.18. The van der Waals surface area contributed by atoms with Crippen molar-refractivity contribution in [3.8, 4) is 0 Å². The molecule has 0 saturated heterocycles. The smallest absolute Gasteiger partial charge is 0.251 e. The molecule has 0 aromatic heterocycles. The highest BCUT2D eigenvalue weighted by Crippen LogP contribution is 2.13. The molecule has 0 aliphatic carbocycles. The van der Waals surface area contributed by atoms with E-state index in [9.17, 15) is 9.59 Å². The van der Waals surface area contributed by atoms with E-state index in [0.29, 0.717) is 18.5 Å². The summed E-state index contributed by atoms with van der Waals surface area (Å²) in [6.07, 6.45) is 1.48. The molecule has 0 radical (unpaired) electrons. The Morgan fingerprint density at radius 1 is 0.704 bits per heavy atom. The Morgan fingerprint density at radius 2 is 1.30 bits per heavy atom. The summed E-state index contributed by atoms with van der Waals surface area (Å²) >= 11 is 0. The van der Waals surface area contributed by atoms with Gasteiger partial charge in [-0.1, -0.05) is 78.9 Å². The van der Waals surface area contributed by atoms with E-state index in [4.69, 9.17) is 0 Å². The van der Waals surface area contributed by atoms with Gasteiger partial charge in [-0.25, -0.2) is 0 Å². The van der Waals surface area contributed by atoms with Crippen molar-refractivity contribution in [1.82, 2.24) is 5.32 Å². The Balaban J connectivity index is 1.59. The fourth-order valence-electron chi connectivity index (χ4n) is 3.00. The van der Waals surface area contributed by atoms with Gasteiger partial charge in [0, 0.05) is 24.9 Å². The predicted octanol–water partition coefficient (Wildman–Crippen LogP) is 4.36. The lowest BCUT2D eigenvalue weighted by Crippen LogP contribution is -2.24. The third kappa shape index (κ3) is 5.65. The molecule has 0 saturated carbocycles. The topological polar surface area (TPSA) is 46.2 Å². The van der Waals surface area contributed by atoms with Crippen LogP contribution in [0, 0.1) is 0 Å². The Labute approximate surface area is 160 Å². The lowest BCUT2D eigenvalue weighted by atomic mass is 9.98. The summed E-state index contributed by atoms with van der Waals surface area (Å²) in [4.78, 5) is 25.0. The minimum absolute atomic E-state index is 0.141. The molecule has 136 valence electrons. The minimum atomic E-state index is -0.148. The van der Waals surface area contributed by atoms with Gasteiger partial charge in [0.15, 0.2) is 0 Å². The highest BCUT2D eigenvalue weighted by molar-refractivity contribution is 5.97. The molecule has 0 aliphatic rings. The van der Waals surface area contributed by atoms with Gasteiger partial charge in [0.2, 0.25) is 0 Å². The van der Waals surface area contributed by atoms with Crippen molar-refractivity contribution in [1.29, 1.82) is 0 Å². The van der Waals surface area contributed by atoms with Gasteiger partial charge in [0.25, 0.3) is 5.91 Å². The maximum Gasteiger partial charge on any atom is 0.251 e. The highest BCUT2D eigenvalue weighted by Gasteiger charge is 2.13. The van der Waals surface area contributed by atoms with E-state index < -0.39 is 0 Å². The van der Waals surface area contributed by atoms with Crippen LogP contribution < -0.4 is 5.32 Å². The molecule has 3 rings (SSSR count). The monoisotopic (exact) mass is 357 g/mol. The van der Waals surface area contributed by atoms with Crippen molar-refractivity contribution in [2.24, 2.45) is 0 Å². The molecule has 1 N–H and O–H groups in total. The second kappa shape index (κ2) is 9.48. The third-order valence-electron chi connectivity index (χ3n) is 4.48. The van der Waals surface area contributed by atoms with Crippen LogP contribution in [0.25, 0.3) is 0 Å². The average Bonchev–Trinajstić information content (AvgIpc) is 2.72. The molecule has 3 aromatic carbocycles. The zero-order valence-corrected chi connectivity index (χ0v) is 15.2. The molecule has 3 heteroatoms. The standard InChI is InChI=1S/C24H23NO2/c26-22(16-15-19-9-3-1-4-10-19)17-21-13-7-8-14-23(21)24(27)25-18-20-11-5-2-6-12-20/h1-14H,15-18H2,(H,25,27). The summed E-state index contributed by atoms with van der Waals surface area (Å²) in [7, 11) is 0. The number of aryl methyl sites for hydroxylation is 1. The van der Waals surface area contributed by atoms with Crippen LogP contribution in [-0.2, 0) is 24.2 Å². The molecule has 0 heterocycles. The molecular weight excluding hydrogens is 334 g/mol. The summed E-state index contributed by atoms with van der Waals surface area (Å²) in [6, 6.07) is 27.1. The van der Waals surface area contributed by atoms with Gasteiger partial charge >= 0.3 is 0 Å². The zero-order chi connectivity index (χ0) is 18.9. The van der Waals surface area contributed by atoms with Gasteiger partial charge in [-0.05, 0) is 29.2 Å². The summed E-state index contributed by atoms with van der Waals surface area (Å²) in [5.74, 6) is -0.00697. The van der Waals surface area contributed by atoms with Crippen molar-refractivity contribution in [3.63, 3.8) is 0 Å². The number of carbonyl (C=O) groups is 2. The molecule has 0 bridgehead atoms. The van der Waals surface area contributed by atoms with Crippen LogP contribution in [0.5, 0.6) is 0 Å². The van der Waals surface area contributed by atoms with Crippen LogP contribution in [0.15, 0.2) is 84.9 Å². The van der Waals surface area contributed by atoms with Gasteiger partial charge in [-0.3, -0.25) is 9.59 Å². The van der Waals surface area contributed by atoms with Crippen LogP contribution in [-0.4, -0.2) is 11.7 Å². The number of nitrogens with one attached hydrogen (secondary N) is 1. The summed E-state index contributed by atoms with van der Waals surface area (Å²) < 4.78 is 0. The summed E-state index contributed by atoms with van der Waals surface area (Å²) in [5, 5.41) is 2.94. The largest absolute Gasteiger partial charge is 0.348 e. The van der Waals surface area contributed by atoms with Gasteiger partial charge in [-0.2, -0.15) is 0 Å². The second-order valence-electron chi connectivity index (χ2n) is 6.53. The highest BCUT2D eigenvalue weighted by atomic mass is 16.1. The predicted molar refractivity (Wildman–Crippen MR) is 108 cm³/mol. The lowest BCUT2D eigenvalue weighted by Gasteiger charge is -2.10. The molecule has 0 aliphatic heterocycles. The molecule has 0 fully saturated rings. The summed E-state index contributed by atoms with van der Waals surface area (Å²) in [5.41, 5.74) is 3.55. The number of hydrogen-bond acceptors (Lipinski definition) is 2. The number of carbonyl (C=O) groups excluding carboxylic acids is 2. The van der Waals surface area contributed by atoms with Gasteiger partial charge in [-0.15, -0.1) is 0 Å². The first-order chi connectivity index (χ1) is 13.2. The molecule has 3 aromatic rings. The number of Topliss-reactive ketones (excluding diaryl/α,β-unsaturated/α-hetero) is 1. The van der Waals surface area contributed by atoms with Crippen LogP contribution in [0.2, 0.25) is 0 Å². The number of ketones is 1.